The van der Waals surface area contributed by atoms with E-state index in [4.69, 9.17) is 19.4 Å². The monoisotopic (exact) mass is 678 g/mol. The molecule has 0 atom stereocenters. The highest BCUT2D eigenvalue weighted by molar-refractivity contribution is 6.22. The van der Waals surface area contributed by atoms with Crippen LogP contribution in [0.5, 0.6) is 0 Å². The molecule has 11 aromatic rings. The van der Waals surface area contributed by atoms with Gasteiger partial charge in [0.25, 0.3) is 0 Å². The van der Waals surface area contributed by atoms with Crippen LogP contribution >= 0.6 is 0 Å². The lowest BCUT2D eigenvalue weighted by Crippen LogP contribution is -2.04. The standard InChI is InChI=1S/C48H30N4O/c1-3-14-31(15-4-1)47-49-43(50-48(51-47)32-16-5-2-6-17-32)29-35-23-25-40(46-44(35)45-36-20-10-9-13-30(36)24-26-42(45)53-46)52-39-22-12-11-21-37(39)38-27-33-18-7-8-19-34(33)28-41(38)52/h1-28H,29H2. The van der Waals surface area contributed by atoms with Crippen LogP contribution in [0.3, 0.4) is 0 Å². The molecule has 0 saturated carbocycles. The fourth-order valence-electron chi connectivity index (χ4n) is 8.03. The lowest BCUT2D eigenvalue weighted by Gasteiger charge is -2.13. The zero-order valence-corrected chi connectivity index (χ0v) is 28.6. The van der Waals surface area contributed by atoms with Crippen LogP contribution in [-0.4, -0.2) is 19.5 Å². The highest BCUT2D eigenvalue weighted by Gasteiger charge is 2.22. The van der Waals surface area contributed by atoms with E-state index in [1.54, 1.807) is 0 Å². The van der Waals surface area contributed by atoms with Gasteiger partial charge in [-0.2, -0.15) is 0 Å². The van der Waals surface area contributed by atoms with E-state index < -0.39 is 0 Å². The molecule has 0 aliphatic heterocycles. The van der Waals surface area contributed by atoms with Gasteiger partial charge in [-0.3, -0.25) is 0 Å². The van der Waals surface area contributed by atoms with Crippen molar-refractivity contribution in [1.29, 1.82) is 0 Å². The molecular formula is C48H30N4O. The molecule has 0 N–H and O–H groups in total. The van der Waals surface area contributed by atoms with E-state index >= 15 is 0 Å². The molecule has 5 nitrogen and oxygen atoms in total. The van der Waals surface area contributed by atoms with Gasteiger partial charge < -0.3 is 8.98 Å². The Labute approximate surface area is 304 Å². The Morgan fingerprint density at radius 1 is 0.453 bits per heavy atom. The van der Waals surface area contributed by atoms with Crippen molar-refractivity contribution in [2.45, 2.75) is 6.42 Å². The lowest BCUT2D eigenvalue weighted by molar-refractivity contribution is 0.666. The third-order valence-electron chi connectivity index (χ3n) is 10.5. The van der Waals surface area contributed by atoms with Crippen molar-refractivity contribution in [3.8, 4) is 28.5 Å². The van der Waals surface area contributed by atoms with Crippen molar-refractivity contribution in [3.05, 3.63) is 181 Å². The van der Waals surface area contributed by atoms with Gasteiger partial charge >= 0.3 is 0 Å². The highest BCUT2D eigenvalue weighted by Crippen LogP contribution is 2.43. The van der Waals surface area contributed by atoms with E-state index in [0.717, 1.165) is 60.7 Å². The Morgan fingerprint density at radius 3 is 1.81 bits per heavy atom. The third-order valence-corrected chi connectivity index (χ3v) is 10.5. The molecule has 0 aliphatic carbocycles. The minimum Gasteiger partial charge on any atom is -0.454 e. The molecular weight excluding hydrogens is 649 g/mol. The number of hydrogen-bond acceptors (Lipinski definition) is 4. The Hall–Kier alpha value is -7.11. The van der Waals surface area contributed by atoms with Gasteiger partial charge in [0.2, 0.25) is 0 Å². The fourth-order valence-corrected chi connectivity index (χ4v) is 8.03. The molecule has 248 valence electrons. The third kappa shape index (κ3) is 4.75. The summed E-state index contributed by atoms with van der Waals surface area (Å²) in [6.45, 7) is 0. The maximum Gasteiger partial charge on any atom is 0.163 e. The van der Waals surface area contributed by atoms with Crippen molar-refractivity contribution >= 4 is 65.3 Å². The van der Waals surface area contributed by atoms with E-state index in [-0.39, 0.29) is 0 Å². The van der Waals surface area contributed by atoms with Gasteiger partial charge in [-0.05, 0) is 57.4 Å². The second-order valence-corrected chi connectivity index (χ2v) is 13.6. The second kappa shape index (κ2) is 11.7. The minimum absolute atomic E-state index is 0.495. The Morgan fingerprint density at radius 2 is 1.08 bits per heavy atom. The number of fused-ring (bicyclic) bond motifs is 9. The molecule has 3 heterocycles. The van der Waals surface area contributed by atoms with Crippen LogP contribution in [0.25, 0.3) is 93.8 Å². The molecule has 0 unspecified atom stereocenters. The van der Waals surface area contributed by atoms with Crippen molar-refractivity contribution in [1.82, 2.24) is 19.5 Å². The summed E-state index contributed by atoms with van der Waals surface area (Å²) in [5.74, 6) is 2.01. The largest absolute Gasteiger partial charge is 0.454 e. The van der Waals surface area contributed by atoms with Crippen molar-refractivity contribution in [2.24, 2.45) is 0 Å². The SMILES string of the molecule is c1ccc(-c2nc(Cc3ccc(-n4c5ccccc5c5cc6ccccc6cc54)c4oc5ccc6ccccc6c5c34)nc(-c3ccccc3)n2)cc1. The second-order valence-electron chi connectivity index (χ2n) is 13.6. The first-order valence-corrected chi connectivity index (χ1v) is 17.9. The van der Waals surface area contributed by atoms with Crippen LogP contribution in [0.4, 0.5) is 0 Å². The molecule has 53 heavy (non-hydrogen) atoms. The number of furan rings is 1. The summed E-state index contributed by atoms with van der Waals surface area (Å²) in [4.78, 5) is 15.1. The van der Waals surface area contributed by atoms with Gasteiger partial charge in [0.15, 0.2) is 17.2 Å². The smallest absolute Gasteiger partial charge is 0.163 e. The van der Waals surface area contributed by atoms with Crippen molar-refractivity contribution in [3.63, 3.8) is 0 Å². The Balaban J connectivity index is 1.20. The van der Waals surface area contributed by atoms with Gasteiger partial charge in [-0.1, -0.05) is 140 Å². The molecule has 0 fully saturated rings. The zero-order chi connectivity index (χ0) is 34.9. The minimum atomic E-state index is 0.495. The maximum atomic E-state index is 6.99. The molecule has 3 aromatic heterocycles. The molecule has 0 saturated heterocycles. The summed E-state index contributed by atoms with van der Waals surface area (Å²) in [5.41, 5.74) is 7.95. The maximum absolute atomic E-state index is 6.99. The molecule has 5 heteroatoms. The Bertz CT molecular complexity index is 3140. The predicted molar refractivity (Wildman–Crippen MR) is 217 cm³/mol. The number of benzene rings is 8. The van der Waals surface area contributed by atoms with Crippen LogP contribution in [-0.2, 0) is 6.42 Å². The summed E-state index contributed by atoms with van der Waals surface area (Å²) in [5, 5.41) is 9.34. The first kappa shape index (κ1) is 29.6. The van der Waals surface area contributed by atoms with Gasteiger partial charge in [-0.15, -0.1) is 0 Å². The summed E-state index contributed by atoms with van der Waals surface area (Å²) in [6.07, 6.45) is 0.495. The number of hydrogen-bond donors (Lipinski definition) is 0. The van der Waals surface area contributed by atoms with Gasteiger partial charge in [0.1, 0.15) is 11.4 Å². The van der Waals surface area contributed by atoms with E-state index in [9.17, 15) is 0 Å². The van der Waals surface area contributed by atoms with Crippen LogP contribution in [0.15, 0.2) is 174 Å². The average molecular weight is 679 g/mol. The quantitative estimate of drug-likeness (QED) is 0.182. The summed E-state index contributed by atoms with van der Waals surface area (Å²) < 4.78 is 9.36. The van der Waals surface area contributed by atoms with Crippen LogP contribution in [0.1, 0.15) is 11.4 Å². The zero-order valence-electron chi connectivity index (χ0n) is 28.6. The molecule has 8 aromatic carbocycles. The fraction of sp³-hybridized carbons (Fsp3) is 0.0208. The topological polar surface area (TPSA) is 56.7 Å². The average Bonchev–Trinajstić information content (AvgIpc) is 3.77. The summed E-state index contributed by atoms with van der Waals surface area (Å²) in [6, 6.07) is 59.4. The number of rotatable bonds is 5. The molecule has 11 rings (SSSR count). The number of nitrogens with zero attached hydrogens (tertiary/aromatic N) is 4. The molecule has 0 amide bonds. The predicted octanol–water partition coefficient (Wildman–Crippen LogP) is 12.1. The first-order chi connectivity index (χ1) is 26.3. The molecule has 0 spiro atoms. The van der Waals surface area contributed by atoms with Gasteiger partial charge in [0, 0.05) is 39.1 Å². The number of aromatic nitrogens is 4. The summed E-state index contributed by atoms with van der Waals surface area (Å²) in [7, 11) is 0. The van der Waals surface area contributed by atoms with E-state index in [1.165, 1.54) is 26.9 Å². The highest BCUT2D eigenvalue weighted by atomic mass is 16.3. The van der Waals surface area contributed by atoms with Crippen LogP contribution < -0.4 is 0 Å². The van der Waals surface area contributed by atoms with Gasteiger partial charge in [0.05, 0.1) is 16.7 Å². The normalized spacial score (nSPS) is 11.8. The Kier molecular flexibility index (Phi) is 6.55. The van der Waals surface area contributed by atoms with Crippen molar-refractivity contribution in [2.75, 3.05) is 0 Å². The van der Waals surface area contributed by atoms with E-state index in [0.29, 0.717) is 23.9 Å². The molecule has 0 aliphatic rings. The summed E-state index contributed by atoms with van der Waals surface area (Å²) >= 11 is 0. The molecule has 0 radical (unpaired) electrons. The van der Waals surface area contributed by atoms with Gasteiger partial charge in [-0.25, -0.2) is 15.0 Å². The van der Waals surface area contributed by atoms with E-state index in [1.807, 2.05) is 60.7 Å². The molecule has 0 bridgehead atoms. The van der Waals surface area contributed by atoms with Crippen LogP contribution in [0, 0.1) is 0 Å². The first-order valence-electron chi connectivity index (χ1n) is 17.9. The number of para-hydroxylation sites is 1. The lowest BCUT2D eigenvalue weighted by atomic mass is 9.98. The van der Waals surface area contributed by atoms with Crippen molar-refractivity contribution < 1.29 is 4.42 Å². The van der Waals surface area contributed by atoms with E-state index in [2.05, 4.69) is 114 Å². The van der Waals surface area contributed by atoms with Crippen LogP contribution in [0.2, 0.25) is 0 Å².